The summed E-state index contributed by atoms with van der Waals surface area (Å²) in [7, 11) is 1.58. The molecule has 2 fully saturated rings. The van der Waals surface area contributed by atoms with Gasteiger partial charge >= 0.3 is 0 Å². The van der Waals surface area contributed by atoms with Gasteiger partial charge in [0.05, 0.1) is 23.9 Å². The van der Waals surface area contributed by atoms with E-state index in [1.54, 1.807) is 25.6 Å². The molecule has 0 unspecified atom stereocenters. The van der Waals surface area contributed by atoms with Crippen LogP contribution >= 0.6 is 0 Å². The number of nitriles is 1. The van der Waals surface area contributed by atoms with Gasteiger partial charge in [0, 0.05) is 56.3 Å². The molecule has 6 rings (SSSR count). The highest BCUT2D eigenvalue weighted by Crippen LogP contribution is 2.38. The third-order valence-corrected chi connectivity index (χ3v) is 7.50. The van der Waals surface area contributed by atoms with Crippen molar-refractivity contribution >= 4 is 22.7 Å². The van der Waals surface area contributed by atoms with Crippen molar-refractivity contribution in [3.05, 3.63) is 60.0 Å². The number of fused-ring (bicyclic) bond motifs is 1. The minimum absolute atomic E-state index is 0.0752. The minimum atomic E-state index is -0.0752. The topological polar surface area (TPSA) is 95.5 Å². The highest BCUT2D eigenvalue weighted by atomic mass is 16.5. The van der Waals surface area contributed by atoms with Crippen LogP contribution in [-0.4, -0.2) is 54.1 Å². The molecule has 5 heterocycles. The van der Waals surface area contributed by atoms with E-state index in [1.807, 2.05) is 35.2 Å². The van der Waals surface area contributed by atoms with Crippen LogP contribution < -0.4 is 9.64 Å². The number of carbonyl (C=O) groups is 1. The molecule has 0 spiro atoms. The molecule has 1 amide bonds. The Labute approximate surface area is 221 Å². The van der Waals surface area contributed by atoms with Crippen LogP contribution in [0.4, 0.5) is 5.69 Å². The van der Waals surface area contributed by atoms with Gasteiger partial charge in [-0.25, -0.2) is 0 Å². The average molecular weight is 508 g/mol. The molecular formula is C30H29N5O3. The molecule has 0 atom stereocenters. The maximum absolute atomic E-state index is 13.0. The number of rotatable bonds is 5. The molecule has 4 aromatic rings. The fourth-order valence-corrected chi connectivity index (χ4v) is 5.49. The van der Waals surface area contributed by atoms with Gasteiger partial charge in [0.1, 0.15) is 28.8 Å². The van der Waals surface area contributed by atoms with Gasteiger partial charge < -0.3 is 19.0 Å². The lowest BCUT2D eigenvalue weighted by molar-refractivity contribution is 0.0718. The first-order chi connectivity index (χ1) is 18.7. The molecule has 0 radical (unpaired) electrons. The number of carbonyl (C=O) groups excluding carboxylic acids is 1. The van der Waals surface area contributed by atoms with Crippen LogP contribution in [0.5, 0.6) is 5.75 Å². The predicted octanol–water partition coefficient (Wildman–Crippen LogP) is 5.66. The molecule has 2 aliphatic rings. The number of anilines is 1. The first kappa shape index (κ1) is 24.0. The Morgan fingerprint density at radius 2 is 1.76 bits per heavy atom. The molecule has 2 saturated heterocycles. The Bertz CT molecular complexity index is 1540. The van der Waals surface area contributed by atoms with E-state index >= 15 is 0 Å². The Kier molecular flexibility index (Phi) is 6.42. The second-order valence-electron chi connectivity index (χ2n) is 9.84. The van der Waals surface area contributed by atoms with Crippen molar-refractivity contribution in [3.8, 4) is 34.3 Å². The number of nitrogens with zero attached hydrogens (tertiary/aromatic N) is 5. The van der Waals surface area contributed by atoms with Crippen LogP contribution in [0.1, 0.15) is 48.2 Å². The fourth-order valence-electron chi connectivity index (χ4n) is 5.49. The van der Waals surface area contributed by atoms with Gasteiger partial charge in [-0.2, -0.15) is 5.26 Å². The molecule has 0 bridgehead atoms. The number of hydrogen-bond donors (Lipinski definition) is 0. The Morgan fingerprint density at radius 1 is 0.974 bits per heavy atom. The molecule has 8 nitrogen and oxygen atoms in total. The fraction of sp³-hybridized carbons (Fsp3) is 0.333. The van der Waals surface area contributed by atoms with Crippen molar-refractivity contribution in [1.29, 1.82) is 5.26 Å². The first-order valence-corrected chi connectivity index (χ1v) is 13.2. The molecule has 0 aliphatic carbocycles. The molecule has 0 N–H and O–H groups in total. The lowest BCUT2D eigenvalue weighted by atomic mass is 10.0. The lowest BCUT2D eigenvalue weighted by Crippen LogP contribution is -2.36. The summed E-state index contributed by atoms with van der Waals surface area (Å²) in [6.45, 7) is 3.48. The van der Waals surface area contributed by atoms with Crippen molar-refractivity contribution in [2.45, 2.75) is 32.1 Å². The molecule has 3 aromatic heterocycles. The third kappa shape index (κ3) is 4.34. The van der Waals surface area contributed by atoms with Crippen molar-refractivity contribution in [2.24, 2.45) is 0 Å². The van der Waals surface area contributed by atoms with E-state index in [1.165, 1.54) is 0 Å². The summed E-state index contributed by atoms with van der Waals surface area (Å²) in [5.41, 5.74) is 5.71. The van der Waals surface area contributed by atoms with Crippen molar-refractivity contribution in [1.82, 2.24) is 14.9 Å². The number of piperidine rings is 1. The maximum Gasteiger partial charge on any atom is 0.272 e. The molecule has 38 heavy (non-hydrogen) atoms. The van der Waals surface area contributed by atoms with Crippen LogP contribution in [0.3, 0.4) is 0 Å². The van der Waals surface area contributed by atoms with E-state index in [0.717, 1.165) is 75.1 Å². The van der Waals surface area contributed by atoms with E-state index in [-0.39, 0.29) is 5.91 Å². The van der Waals surface area contributed by atoms with Gasteiger partial charge in [0.25, 0.3) is 5.91 Å². The summed E-state index contributed by atoms with van der Waals surface area (Å²) in [6, 6.07) is 13.8. The normalized spacial score (nSPS) is 15.6. The molecule has 1 aromatic carbocycles. The first-order valence-electron chi connectivity index (χ1n) is 13.2. The molecule has 192 valence electrons. The number of furan rings is 1. The zero-order valence-corrected chi connectivity index (χ0v) is 21.4. The van der Waals surface area contributed by atoms with Gasteiger partial charge in [0.15, 0.2) is 5.58 Å². The second kappa shape index (κ2) is 10.2. The van der Waals surface area contributed by atoms with Crippen LogP contribution in [0, 0.1) is 11.3 Å². The number of amides is 1. The number of aromatic nitrogens is 2. The van der Waals surface area contributed by atoms with Crippen LogP contribution in [0.2, 0.25) is 0 Å². The van der Waals surface area contributed by atoms with E-state index in [0.29, 0.717) is 39.4 Å². The van der Waals surface area contributed by atoms with Gasteiger partial charge in [-0.15, -0.1) is 0 Å². The number of hydrogen-bond acceptors (Lipinski definition) is 7. The SMILES string of the molecule is COc1cc(C(=O)N2CCCCC2)ncc1-c1cc2nccc(-c3ccc(N4CCCC4)c(C#N)c3)c2o1. The summed E-state index contributed by atoms with van der Waals surface area (Å²) in [6.07, 6.45) is 8.87. The third-order valence-electron chi connectivity index (χ3n) is 7.50. The summed E-state index contributed by atoms with van der Waals surface area (Å²) in [5, 5.41) is 9.86. The average Bonchev–Trinajstić information content (AvgIpc) is 3.67. The van der Waals surface area contributed by atoms with Crippen LogP contribution in [-0.2, 0) is 0 Å². The maximum atomic E-state index is 13.0. The standard InChI is InChI=1S/C30H29N5O3/c1-37-27-17-25(30(36)35-13-3-2-4-14-35)33-19-23(27)28-16-24-29(38-28)22(9-10-32-24)20-7-8-26(21(15-20)18-31)34-11-5-6-12-34/h7-10,15-17,19H,2-6,11-14H2,1H3. The Balaban J connectivity index is 1.36. The van der Waals surface area contributed by atoms with Crippen molar-refractivity contribution in [2.75, 3.05) is 38.2 Å². The summed E-state index contributed by atoms with van der Waals surface area (Å²) in [5.74, 6) is 0.993. The van der Waals surface area contributed by atoms with Gasteiger partial charge in [-0.1, -0.05) is 6.07 Å². The smallest absolute Gasteiger partial charge is 0.272 e. The zero-order valence-electron chi connectivity index (χ0n) is 21.4. The predicted molar refractivity (Wildman–Crippen MR) is 145 cm³/mol. The van der Waals surface area contributed by atoms with Crippen molar-refractivity contribution in [3.63, 3.8) is 0 Å². The Morgan fingerprint density at radius 3 is 2.53 bits per heavy atom. The van der Waals surface area contributed by atoms with Crippen LogP contribution in [0.15, 0.2) is 53.2 Å². The monoisotopic (exact) mass is 507 g/mol. The van der Waals surface area contributed by atoms with Crippen molar-refractivity contribution < 1.29 is 13.9 Å². The minimum Gasteiger partial charge on any atom is -0.496 e. The molecular weight excluding hydrogens is 478 g/mol. The molecule has 8 heteroatoms. The Hall–Kier alpha value is -4.38. The van der Waals surface area contributed by atoms with E-state index < -0.39 is 0 Å². The van der Waals surface area contributed by atoms with Gasteiger partial charge in [-0.05, 0) is 55.9 Å². The zero-order chi connectivity index (χ0) is 26.1. The highest BCUT2D eigenvalue weighted by Gasteiger charge is 2.23. The highest BCUT2D eigenvalue weighted by molar-refractivity contribution is 5.95. The quantitative estimate of drug-likeness (QED) is 0.344. The number of ether oxygens (including phenoxy) is 1. The largest absolute Gasteiger partial charge is 0.496 e. The summed E-state index contributed by atoms with van der Waals surface area (Å²) >= 11 is 0. The van der Waals surface area contributed by atoms with E-state index in [9.17, 15) is 10.1 Å². The van der Waals surface area contributed by atoms with Crippen LogP contribution in [0.25, 0.3) is 33.6 Å². The van der Waals surface area contributed by atoms with Gasteiger partial charge in [0.2, 0.25) is 0 Å². The second-order valence-corrected chi connectivity index (χ2v) is 9.84. The number of methoxy groups -OCH3 is 1. The molecule has 0 saturated carbocycles. The van der Waals surface area contributed by atoms with E-state index in [2.05, 4.69) is 20.9 Å². The summed E-state index contributed by atoms with van der Waals surface area (Å²) in [4.78, 5) is 26.1. The molecule has 2 aliphatic heterocycles. The number of pyridine rings is 2. The van der Waals surface area contributed by atoms with Gasteiger partial charge in [-0.3, -0.25) is 14.8 Å². The number of likely N-dealkylation sites (tertiary alicyclic amines) is 1. The summed E-state index contributed by atoms with van der Waals surface area (Å²) < 4.78 is 12.0. The lowest BCUT2D eigenvalue weighted by Gasteiger charge is -2.26. The number of benzene rings is 1. The van der Waals surface area contributed by atoms with E-state index in [4.69, 9.17) is 9.15 Å².